The zero-order valence-electron chi connectivity index (χ0n) is 16.7. The summed E-state index contributed by atoms with van der Waals surface area (Å²) in [7, 11) is 1.74. The van der Waals surface area contributed by atoms with Crippen LogP contribution in [-0.4, -0.2) is 47.0 Å². The summed E-state index contributed by atoms with van der Waals surface area (Å²) in [5.74, 6) is 2.02. The standard InChI is InChI=1S/C21H22BrN3O4S/c1-15-4-3-5-18(12-15)28-13-19-23-24-21(29-19)30-14-20(26)25(2)10-11-27-17-8-6-16(22)7-9-17/h3-9,12H,10-11,13-14H2,1-2H3. The molecule has 0 fully saturated rings. The molecule has 1 heterocycles. The molecule has 7 nitrogen and oxygen atoms in total. The monoisotopic (exact) mass is 491 g/mol. The van der Waals surface area contributed by atoms with Gasteiger partial charge in [-0.3, -0.25) is 4.79 Å². The average molecular weight is 492 g/mol. The van der Waals surface area contributed by atoms with E-state index < -0.39 is 0 Å². The van der Waals surface area contributed by atoms with E-state index in [1.807, 2.05) is 55.5 Å². The molecule has 0 bridgehead atoms. The predicted molar refractivity (Wildman–Crippen MR) is 118 cm³/mol. The first-order valence-electron chi connectivity index (χ1n) is 9.26. The number of aromatic nitrogens is 2. The molecule has 1 amide bonds. The van der Waals surface area contributed by atoms with E-state index in [-0.39, 0.29) is 18.3 Å². The van der Waals surface area contributed by atoms with Gasteiger partial charge in [0, 0.05) is 11.5 Å². The maximum atomic E-state index is 12.3. The number of hydrogen-bond acceptors (Lipinski definition) is 7. The van der Waals surface area contributed by atoms with Crippen LogP contribution in [0.3, 0.4) is 0 Å². The quantitative estimate of drug-likeness (QED) is 0.390. The average Bonchev–Trinajstić information content (AvgIpc) is 3.20. The molecule has 9 heteroatoms. The highest BCUT2D eigenvalue weighted by Crippen LogP contribution is 2.19. The molecule has 30 heavy (non-hydrogen) atoms. The molecule has 0 aliphatic carbocycles. The number of aryl methyl sites for hydroxylation is 1. The van der Waals surface area contributed by atoms with Gasteiger partial charge < -0.3 is 18.8 Å². The highest BCUT2D eigenvalue weighted by atomic mass is 79.9. The molecule has 1 aromatic heterocycles. The minimum absolute atomic E-state index is 0.0461. The smallest absolute Gasteiger partial charge is 0.277 e. The normalized spacial score (nSPS) is 10.6. The SMILES string of the molecule is Cc1cccc(OCc2nnc(SCC(=O)N(C)CCOc3ccc(Br)cc3)o2)c1. The van der Waals surface area contributed by atoms with Crippen molar-refractivity contribution in [3.63, 3.8) is 0 Å². The molecule has 2 aromatic carbocycles. The van der Waals surface area contributed by atoms with Crippen molar-refractivity contribution in [2.45, 2.75) is 18.8 Å². The van der Waals surface area contributed by atoms with Gasteiger partial charge in [-0.2, -0.15) is 0 Å². The lowest BCUT2D eigenvalue weighted by Gasteiger charge is -2.16. The van der Waals surface area contributed by atoms with Crippen molar-refractivity contribution in [1.29, 1.82) is 0 Å². The summed E-state index contributed by atoms with van der Waals surface area (Å²) >= 11 is 4.58. The third-order valence-electron chi connectivity index (χ3n) is 4.05. The summed E-state index contributed by atoms with van der Waals surface area (Å²) in [6.45, 7) is 3.07. The number of rotatable bonds is 10. The summed E-state index contributed by atoms with van der Waals surface area (Å²) in [5, 5.41) is 8.25. The first-order chi connectivity index (χ1) is 14.5. The molecule has 0 saturated heterocycles. The van der Waals surface area contributed by atoms with Crippen molar-refractivity contribution in [3.05, 3.63) is 64.5 Å². The van der Waals surface area contributed by atoms with Gasteiger partial charge in [-0.25, -0.2) is 0 Å². The lowest BCUT2D eigenvalue weighted by atomic mass is 10.2. The maximum absolute atomic E-state index is 12.3. The van der Waals surface area contributed by atoms with Gasteiger partial charge in [0.25, 0.3) is 11.1 Å². The Hall–Kier alpha value is -2.52. The fraction of sp³-hybridized carbons (Fsp3) is 0.286. The van der Waals surface area contributed by atoms with Gasteiger partial charge in [0.2, 0.25) is 5.91 Å². The summed E-state index contributed by atoms with van der Waals surface area (Å²) in [6.07, 6.45) is 0. The van der Waals surface area contributed by atoms with Crippen molar-refractivity contribution in [2.75, 3.05) is 26.0 Å². The van der Waals surface area contributed by atoms with Crippen LogP contribution in [-0.2, 0) is 11.4 Å². The molecular weight excluding hydrogens is 470 g/mol. The van der Waals surface area contributed by atoms with Crippen molar-refractivity contribution in [1.82, 2.24) is 15.1 Å². The van der Waals surface area contributed by atoms with Gasteiger partial charge in [-0.1, -0.05) is 39.8 Å². The lowest BCUT2D eigenvalue weighted by molar-refractivity contribution is -0.127. The first kappa shape index (κ1) is 22.2. The third kappa shape index (κ3) is 7.07. The molecule has 3 rings (SSSR count). The van der Waals surface area contributed by atoms with Gasteiger partial charge in [-0.05, 0) is 48.9 Å². The van der Waals surface area contributed by atoms with Crippen molar-refractivity contribution >= 4 is 33.6 Å². The van der Waals surface area contributed by atoms with Crippen LogP contribution in [0.5, 0.6) is 11.5 Å². The molecule has 0 N–H and O–H groups in total. The Morgan fingerprint density at radius 3 is 2.70 bits per heavy atom. The molecule has 0 aliphatic rings. The Kier molecular flexibility index (Phi) is 8.15. The number of amides is 1. The highest BCUT2D eigenvalue weighted by Gasteiger charge is 2.13. The Balaban J connectivity index is 1.37. The van der Waals surface area contributed by atoms with Gasteiger partial charge in [-0.15, -0.1) is 10.2 Å². The topological polar surface area (TPSA) is 77.7 Å². The number of carbonyl (C=O) groups excluding carboxylic acids is 1. The van der Waals surface area contributed by atoms with E-state index in [2.05, 4.69) is 26.1 Å². The number of thioether (sulfide) groups is 1. The number of hydrogen-bond donors (Lipinski definition) is 0. The number of carbonyl (C=O) groups is 1. The van der Waals surface area contributed by atoms with E-state index in [1.165, 1.54) is 11.8 Å². The number of nitrogens with zero attached hydrogens (tertiary/aromatic N) is 3. The van der Waals surface area contributed by atoms with E-state index >= 15 is 0 Å². The van der Waals surface area contributed by atoms with Gasteiger partial charge in [0.15, 0.2) is 6.61 Å². The summed E-state index contributed by atoms with van der Waals surface area (Å²) in [4.78, 5) is 13.9. The van der Waals surface area contributed by atoms with E-state index in [9.17, 15) is 4.79 Å². The lowest BCUT2D eigenvalue weighted by Crippen LogP contribution is -2.32. The van der Waals surface area contributed by atoms with E-state index in [4.69, 9.17) is 13.9 Å². The van der Waals surface area contributed by atoms with E-state index in [0.29, 0.717) is 24.3 Å². The number of benzene rings is 2. The largest absolute Gasteiger partial charge is 0.492 e. The third-order valence-corrected chi connectivity index (χ3v) is 5.39. The zero-order chi connectivity index (χ0) is 21.3. The molecule has 0 atom stereocenters. The minimum atomic E-state index is -0.0461. The van der Waals surface area contributed by atoms with Crippen molar-refractivity contribution < 1.29 is 18.7 Å². The molecular formula is C21H22BrN3O4S. The Bertz CT molecular complexity index is 965. The van der Waals surface area contributed by atoms with Crippen molar-refractivity contribution in [3.8, 4) is 11.5 Å². The number of ether oxygens (including phenoxy) is 2. The molecule has 0 spiro atoms. The molecule has 0 radical (unpaired) electrons. The van der Waals surface area contributed by atoms with Crippen LogP contribution in [0.2, 0.25) is 0 Å². The molecule has 0 aliphatic heterocycles. The minimum Gasteiger partial charge on any atom is -0.492 e. The molecule has 3 aromatic rings. The van der Waals surface area contributed by atoms with Gasteiger partial charge in [0.1, 0.15) is 18.1 Å². The number of likely N-dealkylation sites (N-methyl/N-ethyl adjacent to an activating group) is 1. The molecule has 0 unspecified atom stereocenters. The van der Waals surface area contributed by atoms with Gasteiger partial charge in [0.05, 0.1) is 12.3 Å². The second kappa shape index (κ2) is 11.0. The highest BCUT2D eigenvalue weighted by molar-refractivity contribution is 9.10. The Morgan fingerprint density at radius 1 is 1.13 bits per heavy atom. The summed E-state index contributed by atoms with van der Waals surface area (Å²) in [5.41, 5.74) is 1.11. The summed E-state index contributed by atoms with van der Waals surface area (Å²) in [6, 6.07) is 15.3. The second-order valence-electron chi connectivity index (χ2n) is 6.47. The van der Waals surface area contributed by atoms with Crippen LogP contribution in [0, 0.1) is 6.92 Å². The van der Waals surface area contributed by atoms with Gasteiger partial charge >= 0.3 is 0 Å². The van der Waals surface area contributed by atoms with Crippen LogP contribution < -0.4 is 9.47 Å². The Labute approximate surface area is 187 Å². The zero-order valence-corrected chi connectivity index (χ0v) is 19.1. The predicted octanol–water partition coefficient (Wildman–Crippen LogP) is 4.35. The number of halogens is 1. The fourth-order valence-electron chi connectivity index (χ4n) is 2.39. The summed E-state index contributed by atoms with van der Waals surface area (Å²) < 4.78 is 17.8. The van der Waals surface area contributed by atoms with Crippen LogP contribution in [0.4, 0.5) is 0 Å². The first-order valence-corrected chi connectivity index (χ1v) is 11.0. The molecule has 0 saturated carbocycles. The second-order valence-corrected chi connectivity index (χ2v) is 8.32. The van der Waals surface area contributed by atoms with Crippen LogP contribution in [0.25, 0.3) is 0 Å². The van der Waals surface area contributed by atoms with Crippen molar-refractivity contribution in [2.24, 2.45) is 0 Å². The van der Waals surface area contributed by atoms with Crippen LogP contribution >= 0.6 is 27.7 Å². The maximum Gasteiger partial charge on any atom is 0.277 e. The Morgan fingerprint density at radius 2 is 1.93 bits per heavy atom. The fourth-order valence-corrected chi connectivity index (χ4v) is 3.38. The van der Waals surface area contributed by atoms with Crippen LogP contribution in [0.15, 0.2) is 62.6 Å². The van der Waals surface area contributed by atoms with E-state index in [1.54, 1.807) is 11.9 Å². The molecule has 158 valence electrons. The van der Waals surface area contributed by atoms with Crippen LogP contribution in [0.1, 0.15) is 11.5 Å². The van der Waals surface area contributed by atoms with E-state index in [0.717, 1.165) is 21.5 Å².